The van der Waals surface area contributed by atoms with Crippen LogP contribution < -0.4 is 14.4 Å². The predicted molar refractivity (Wildman–Crippen MR) is 121 cm³/mol. The molecule has 2 aromatic rings. The monoisotopic (exact) mass is 442 g/mol. The molecule has 2 aliphatic rings. The van der Waals surface area contributed by atoms with Crippen LogP contribution >= 0.6 is 0 Å². The van der Waals surface area contributed by atoms with Crippen molar-refractivity contribution in [3.05, 3.63) is 53.6 Å². The summed E-state index contributed by atoms with van der Waals surface area (Å²) in [6, 6.07) is 12.1. The summed E-state index contributed by atoms with van der Waals surface area (Å²) in [6.45, 7) is 4.38. The van der Waals surface area contributed by atoms with Gasteiger partial charge in [0.05, 0.1) is 17.1 Å². The number of sulfonamides is 1. The van der Waals surface area contributed by atoms with E-state index in [9.17, 15) is 13.2 Å². The number of anilines is 1. The average Bonchev–Trinajstić information content (AvgIpc) is 2.77. The van der Waals surface area contributed by atoms with E-state index in [0.29, 0.717) is 23.9 Å². The number of fused-ring (bicyclic) bond motifs is 1. The van der Waals surface area contributed by atoms with E-state index in [1.54, 1.807) is 36.4 Å². The molecule has 1 fully saturated rings. The van der Waals surface area contributed by atoms with Crippen LogP contribution in [0.2, 0.25) is 0 Å². The van der Waals surface area contributed by atoms with Crippen molar-refractivity contribution in [3.63, 3.8) is 0 Å². The lowest BCUT2D eigenvalue weighted by Gasteiger charge is -2.35. The van der Waals surface area contributed by atoms with E-state index in [-0.39, 0.29) is 17.3 Å². The third-order valence-electron chi connectivity index (χ3n) is 6.18. The van der Waals surface area contributed by atoms with Gasteiger partial charge in [-0.15, -0.1) is 0 Å². The van der Waals surface area contributed by atoms with Crippen molar-refractivity contribution in [2.45, 2.75) is 57.0 Å². The van der Waals surface area contributed by atoms with Crippen molar-refractivity contribution in [3.8, 4) is 5.75 Å². The van der Waals surface area contributed by atoms with Gasteiger partial charge in [0.2, 0.25) is 0 Å². The zero-order valence-corrected chi connectivity index (χ0v) is 19.0. The predicted octanol–water partition coefficient (Wildman–Crippen LogP) is 3.96. The van der Waals surface area contributed by atoms with Gasteiger partial charge in [-0.2, -0.15) is 0 Å². The lowest BCUT2D eigenvalue weighted by molar-refractivity contribution is -0.128. The molecule has 1 heterocycles. The molecule has 0 radical (unpaired) electrons. The molecular formula is C24H30N2O4S. The van der Waals surface area contributed by atoms with Gasteiger partial charge in [0.15, 0.2) is 6.10 Å². The Balaban J connectivity index is 1.59. The molecule has 6 nitrogen and oxygen atoms in total. The number of rotatable bonds is 5. The molecule has 0 saturated heterocycles. The van der Waals surface area contributed by atoms with Crippen LogP contribution in [0.15, 0.2) is 47.4 Å². The molecule has 0 spiro atoms. The first-order valence-electron chi connectivity index (χ1n) is 11.0. The Morgan fingerprint density at radius 2 is 1.71 bits per heavy atom. The summed E-state index contributed by atoms with van der Waals surface area (Å²) in [4.78, 5) is 13.1. The summed E-state index contributed by atoms with van der Waals surface area (Å²) in [5, 5.41) is 3.00. The average molecular weight is 443 g/mol. The number of hydrogen-bond acceptors (Lipinski definition) is 4. The SMILES string of the molecule is Cc1ccc(S(=O)(=O)N2C[C@H](C(=O)NCC3CCCCC3)Oc3ccc(C)cc32)cc1. The van der Waals surface area contributed by atoms with E-state index >= 15 is 0 Å². The molecular weight excluding hydrogens is 412 g/mol. The topological polar surface area (TPSA) is 75.7 Å². The fourth-order valence-electron chi connectivity index (χ4n) is 4.31. The third kappa shape index (κ3) is 4.71. The van der Waals surface area contributed by atoms with Crippen molar-refractivity contribution in [1.82, 2.24) is 5.32 Å². The molecule has 166 valence electrons. The van der Waals surface area contributed by atoms with Gasteiger partial charge in [-0.25, -0.2) is 8.42 Å². The van der Waals surface area contributed by atoms with Crippen LogP contribution in [0.4, 0.5) is 5.69 Å². The highest BCUT2D eigenvalue weighted by Gasteiger charge is 2.37. The third-order valence-corrected chi connectivity index (χ3v) is 7.97. The first-order chi connectivity index (χ1) is 14.8. The number of nitrogens with zero attached hydrogens (tertiary/aromatic N) is 1. The van der Waals surface area contributed by atoms with E-state index in [4.69, 9.17) is 4.74 Å². The molecule has 0 bridgehead atoms. The van der Waals surface area contributed by atoms with Crippen molar-refractivity contribution in [2.75, 3.05) is 17.4 Å². The quantitative estimate of drug-likeness (QED) is 0.761. The molecule has 1 aliphatic carbocycles. The molecule has 1 amide bonds. The summed E-state index contributed by atoms with van der Waals surface area (Å²) in [5.74, 6) is 0.634. The van der Waals surface area contributed by atoms with Crippen LogP contribution in [0.3, 0.4) is 0 Å². The second-order valence-electron chi connectivity index (χ2n) is 8.68. The summed E-state index contributed by atoms with van der Waals surface area (Å²) in [5.41, 5.74) is 2.38. The molecule has 7 heteroatoms. The lowest BCUT2D eigenvalue weighted by atomic mass is 9.89. The number of benzene rings is 2. The maximum atomic E-state index is 13.5. The van der Waals surface area contributed by atoms with Gasteiger partial charge in [-0.05, 0) is 62.4 Å². The first kappa shape index (κ1) is 21.7. The normalized spacial score (nSPS) is 19.4. The van der Waals surface area contributed by atoms with E-state index in [1.807, 2.05) is 19.9 Å². The Hall–Kier alpha value is -2.54. The molecule has 1 aliphatic heterocycles. The van der Waals surface area contributed by atoms with Gasteiger partial charge in [-0.3, -0.25) is 9.10 Å². The van der Waals surface area contributed by atoms with Crippen LogP contribution in [0.1, 0.15) is 43.2 Å². The minimum Gasteiger partial charge on any atom is -0.476 e. The molecule has 4 rings (SSSR count). The van der Waals surface area contributed by atoms with Gasteiger partial charge >= 0.3 is 0 Å². The van der Waals surface area contributed by atoms with Crippen LogP contribution in [0.25, 0.3) is 0 Å². The second-order valence-corrected chi connectivity index (χ2v) is 10.5. The van der Waals surface area contributed by atoms with Crippen LogP contribution in [0, 0.1) is 19.8 Å². The molecule has 1 N–H and O–H groups in total. The molecule has 0 aromatic heterocycles. The largest absolute Gasteiger partial charge is 0.476 e. The Bertz CT molecular complexity index is 1040. The van der Waals surface area contributed by atoms with Gasteiger partial charge in [0, 0.05) is 6.54 Å². The maximum absolute atomic E-state index is 13.5. The maximum Gasteiger partial charge on any atom is 0.264 e. The number of carbonyl (C=O) groups is 1. The highest BCUT2D eigenvalue weighted by atomic mass is 32.2. The van der Waals surface area contributed by atoms with E-state index in [1.165, 1.54) is 23.6 Å². The van der Waals surface area contributed by atoms with Gasteiger partial charge in [0.25, 0.3) is 15.9 Å². The molecule has 1 atom stereocenters. The van der Waals surface area contributed by atoms with Crippen LogP contribution in [-0.4, -0.2) is 33.5 Å². The summed E-state index contributed by atoms with van der Waals surface area (Å²) in [7, 11) is -3.84. The highest BCUT2D eigenvalue weighted by Crippen LogP contribution is 2.37. The van der Waals surface area contributed by atoms with Crippen molar-refractivity contribution >= 4 is 21.6 Å². The standard InChI is InChI=1S/C24H30N2O4S/c1-17-8-11-20(12-9-17)31(28,29)26-16-23(30-22-13-10-18(2)14-21(22)26)24(27)25-15-19-6-4-3-5-7-19/h8-14,19,23H,3-7,15-16H2,1-2H3,(H,25,27)/t23-/m1/s1. The number of amides is 1. The molecule has 1 saturated carbocycles. The number of hydrogen-bond donors (Lipinski definition) is 1. The summed E-state index contributed by atoms with van der Waals surface area (Å²) in [6.07, 6.45) is 5.03. The van der Waals surface area contributed by atoms with Crippen molar-refractivity contribution < 1.29 is 17.9 Å². The molecule has 0 unspecified atom stereocenters. The number of carbonyl (C=O) groups excluding carboxylic acids is 1. The fourth-order valence-corrected chi connectivity index (χ4v) is 5.78. The highest BCUT2D eigenvalue weighted by molar-refractivity contribution is 7.92. The molecule has 2 aromatic carbocycles. The van der Waals surface area contributed by atoms with Crippen molar-refractivity contribution in [2.24, 2.45) is 5.92 Å². The number of ether oxygens (including phenoxy) is 1. The Morgan fingerprint density at radius 1 is 1.03 bits per heavy atom. The fraction of sp³-hybridized carbons (Fsp3) is 0.458. The minimum atomic E-state index is -3.84. The Labute approximate surface area is 184 Å². The Kier molecular flexibility index (Phi) is 6.23. The minimum absolute atomic E-state index is 0.0524. The van der Waals surface area contributed by atoms with Crippen LogP contribution in [0.5, 0.6) is 5.75 Å². The number of nitrogens with one attached hydrogen (secondary N) is 1. The van der Waals surface area contributed by atoms with Gasteiger partial charge in [-0.1, -0.05) is 43.0 Å². The van der Waals surface area contributed by atoms with Crippen LogP contribution in [-0.2, 0) is 14.8 Å². The number of aryl methyl sites for hydroxylation is 2. The van der Waals surface area contributed by atoms with E-state index in [2.05, 4.69) is 5.32 Å². The van der Waals surface area contributed by atoms with Gasteiger partial charge < -0.3 is 10.1 Å². The smallest absolute Gasteiger partial charge is 0.264 e. The zero-order chi connectivity index (χ0) is 22.0. The summed E-state index contributed by atoms with van der Waals surface area (Å²) < 4.78 is 34.2. The van der Waals surface area contributed by atoms with E-state index in [0.717, 1.165) is 24.0 Å². The zero-order valence-electron chi connectivity index (χ0n) is 18.1. The summed E-state index contributed by atoms with van der Waals surface area (Å²) >= 11 is 0. The lowest BCUT2D eigenvalue weighted by Crippen LogP contribution is -2.51. The van der Waals surface area contributed by atoms with Gasteiger partial charge in [0.1, 0.15) is 5.75 Å². The Morgan fingerprint density at radius 3 is 2.42 bits per heavy atom. The first-order valence-corrected chi connectivity index (χ1v) is 12.4. The molecule has 31 heavy (non-hydrogen) atoms. The van der Waals surface area contributed by atoms with E-state index < -0.39 is 16.1 Å². The second kappa shape index (κ2) is 8.91. The van der Waals surface area contributed by atoms with Crippen molar-refractivity contribution in [1.29, 1.82) is 0 Å².